The van der Waals surface area contributed by atoms with Crippen LogP contribution in [0.4, 0.5) is 30.6 Å². The van der Waals surface area contributed by atoms with Gasteiger partial charge in [0.15, 0.2) is 0 Å². The van der Waals surface area contributed by atoms with Crippen LogP contribution >= 0.6 is 0 Å². The quantitative estimate of drug-likeness (QED) is 0.819. The maximum Gasteiger partial charge on any atom is 0.416 e. The van der Waals surface area contributed by atoms with Gasteiger partial charge in [-0.1, -0.05) is 6.07 Å². The smallest absolute Gasteiger partial charge is 0.354 e. The van der Waals surface area contributed by atoms with Crippen molar-refractivity contribution >= 4 is 17.5 Å². The monoisotopic (exact) mass is 336 g/mol. The van der Waals surface area contributed by atoms with Crippen molar-refractivity contribution in [2.45, 2.75) is 38.8 Å². The van der Waals surface area contributed by atoms with Crippen LogP contribution in [0.15, 0.2) is 24.3 Å². The first-order valence-electron chi connectivity index (χ1n) is 7.95. The van der Waals surface area contributed by atoms with Crippen LogP contribution in [0.1, 0.15) is 42.5 Å². The predicted octanol–water partition coefficient (Wildman–Crippen LogP) is 4.86. The van der Waals surface area contributed by atoms with Crippen LogP contribution in [0.25, 0.3) is 0 Å². The molecule has 7 heteroatoms. The van der Waals surface area contributed by atoms with Crippen LogP contribution in [0.5, 0.6) is 0 Å². The van der Waals surface area contributed by atoms with Gasteiger partial charge < -0.3 is 10.6 Å². The first kappa shape index (κ1) is 16.5. The molecule has 0 saturated heterocycles. The molecule has 1 aliphatic rings. The fourth-order valence-corrected chi connectivity index (χ4v) is 2.57. The second-order valence-electron chi connectivity index (χ2n) is 5.91. The Hall–Kier alpha value is -2.31. The molecule has 2 N–H and O–H groups in total. The Bertz CT molecular complexity index is 739. The molecule has 0 unspecified atom stereocenters. The van der Waals surface area contributed by atoms with Gasteiger partial charge in [0.25, 0.3) is 0 Å². The lowest BCUT2D eigenvalue weighted by atomic mass is 10.1. The number of anilines is 3. The highest BCUT2D eigenvalue weighted by molar-refractivity contribution is 5.63. The molecular formula is C17H19F3N4. The van der Waals surface area contributed by atoms with Crippen LogP contribution in [0.3, 0.4) is 0 Å². The number of alkyl halides is 3. The van der Waals surface area contributed by atoms with Crippen molar-refractivity contribution in [3.05, 3.63) is 41.1 Å². The number of rotatable bonds is 5. The molecular weight excluding hydrogens is 317 g/mol. The van der Waals surface area contributed by atoms with Gasteiger partial charge in [-0.3, -0.25) is 0 Å². The largest absolute Gasteiger partial charge is 0.416 e. The molecule has 2 aromatic rings. The molecule has 24 heavy (non-hydrogen) atoms. The topological polar surface area (TPSA) is 49.8 Å². The fourth-order valence-electron chi connectivity index (χ4n) is 2.57. The molecule has 1 aromatic carbocycles. The zero-order valence-corrected chi connectivity index (χ0v) is 13.5. The average Bonchev–Trinajstić information content (AvgIpc) is 3.33. The van der Waals surface area contributed by atoms with E-state index in [4.69, 9.17) is 0 Å². The van der Waals surface area contributed by atoms with Crippen molar-refractivity contribution in [1.29, 1.82) is 0 Å². The summed E-state index contributed by atoms with van der Waals surface area (Å²) in [6.07, 6.45) is -2.20. The molecule has 4 nitrogen and oxygen atoms in total. The third-order valence-corrected chi connectivity index (χ3v) is 3.98. The molecule has 0 radical (unpaired) electrons. The summed E-state index contributed by atoms with van der Waals surface area (Å²) < 4.78 is 39.1. The van der Waals surface area contributed by atoms with Crippen molar-refractivity contribution < 1.29 is 13.2 Å². The van der Waals surface area contributed by atoms with E-state index in [2.05, 4.69) is 20.6 Å². The van der Waals surface area contributed by atoms with Crippen molar-refractivity contribution in [3.8, 4) is 0 Å². The van der Waals surface area contributed by atoms with Crippen molar-refractivity contribution in [2.24, 2.45) is 0 Å². The van der Waals surface area contributed by atoms with Gasteiger partial charge in [-0.05, 0) is 44.4 Å². The van der Waals surface area contributed by atoms with E-state index in [9.17, 15) is 13.2 Å². The first-order valence-corrected chi connectivity index (χ1v) is 7.95. The maximum atomic E-state index is 13.0. The standard InChI is InChI=1S/C17H19F3N4/c1-3-21-16-23-14(11-7-8-11)9-15(24-16)22-13-6-4-5-12(10(13)2)17(18,19)20/h4-6,9,11H,3,7-8H2,1-2H3,(H2,21,22,23,24). The van der Waals surface area contributed by atoms with E-state index in [0.29, 0.717) is 29.9 Å². The Labute approximate surface area is 138 Å². The highest BCUT2D eigenvalue weighted by Gasteiger charge is 2.33. The average molecular weight is 336 g/mol. The Kier molecular flexibility index (Phi) is 4.34. The Morgan fingerprint density at radius 2 is 1.96 bits per heavy atom. The summed E-state index contributed by atoms with van der Waals surface area (Å²) in [7, 11) is 0. The van der Waals surface area contributed by atoms with E-state index in [1.165, 1.54) is 13.0 Å². The Morgan fingerprint density at radius 3 is 2.58 bits per heavy atom. The lowest BCUT2D eigenvalue weighted by Gasteiger charge is -2.16. The van der Waals surface area contributed by atoms with Crippen LogP contribution in [-0.2, 0) is 6.18 Å². The van der Waals surface area contributed by atoms with Crippen molar-refractivity contribution in [1.82, 2.24) is 9.97 Å². The number of hydrogen-bond donors (Lipinski definition) is 2. The molecule has 1 heterocycles. The molecule has 0 bridgehead atoms. The third kappa shape index (κ3) is 3.60. The normalized spacial score (nSPS) is 14.5. The number of aromatic nitrogens is 2. The number of nitrogens with one attached hydrogen (secondary N) is 2. The molecule has 1 fully saturated rings. The number of hydrogen-bond acceptors (Lipinski definition) is 4. The van der Waals surface area contributed by atoms with Gasteiger partial charge in [0, 0.05) is 24.2 Å². The summed E-state index contributed by atoms with van der Waals surface area (Å²) in [6, 6.07) is 5.92. The summed E-state index contributed by atoms with van der Waals surface area (Å²) in [4.78, 5) is 8.81. The van der Waals surface area contributed by atoms with E-state index >= 15 is 0 Å². The van der Waals surface area contributed by atoms with Crippen molar-refractivity contribution in [3.63, 3.8) is 0 Å². The van der Waals surface area contributed by atoms with E-state index < -0.39 is 11.7 Å². The van der Waals surface area contributed by atoms with Gasteiger partial charge in [0.05, 0.1) is 11.3 Å². The number of nitrogens with zero attached hydrogens (tertiary/aromatic N) is 2. The van der Waals surface area contributed by atoms with Gasteiger partial charge >= 0.3 is 6.18 Å². The van der Waals surface area contributed by atoms with Gasteiger partial charge in [0.1, 0.15) is 5.82 Å². The SMILES string of the molecule is CCNc1nc(Nc2cccc(C(F)(F)F)c2C)cc(C2CC2)n1. The summed E-state index contributed by atoms with van der Waals surface area (Å²) in [6.45, 7) is 4.08. The van der Waals surface area contributed by atoms with Crippen LogP contribution < -0.4 is 10.6 Å². The van der Waals surface area contributed by atoms with Gasteiger partial charge in [0.2, 0.25) is 5.95 Å². The second kappa shape index (κ2) is 6.30. The minimum atomic E-state index is -4.37. The Morgan fingerprint density at radius 1 is 1.21 bits per heavy atom. The molecule has 1 saturated carbocycles. The first-order chi connectivity index (χ1) is 11.4. The molecule has 1 aliphatic carbocycles. The molecule has 0 spiro atoms. The molecule has 0 atom stereocenters. The van der Waals surface area contributed by atoms with E-state index in [1.807, 2.05) is 13.0 Å². The number of halogens is 3. The zero-order chi connectivity index (χ0) is 17.3. The van der Waals surface area contributed by atoms with E-state index in [0.717, 1.165) is 24.6 Å². The van der Waals surface area contributed by atoms with E-state index in [1.54, 1.807) is 6.07 Å². The third-order valence-electron chi connectivity index (χ3n) is 3.98. The predicted molar refractivity (Wildman–Crippen MR) is 87.6 cm³/mol. The van der Waals surface area contributed by atoms with Crippen LogP contribution in [0, 0.1) is 6.92 Å². The van der Waals surface area contributed by atoms with Gasteiger partial charge in [-0.15, -0.1) is 0 Å². The summed E-state index contributed by atoms with van der Waals surface area (Å²) in [5.41, 5.74) is 0.832. The van der Waals surface area contributed by atoms with Crippen molar-refractivity contribution in [2.75, 3.05) is 17.2 Å². The molecule has 0 aliphatic heterocycles. The maximum absolute atomic E-state index is 13.0. The molecule has 3 rings (SSSR count). The fraction of sp³-hybridized carbons (Fsp3) is 0.412. The van der Waals surface area contributed by atoms with Gasteiger partial charge in [-0.2, -0.15) is 18.2 Å². The molecule has 128 valence electrons. The van der Waals surface area contributed by atoms with E-state index in [-0.39, 0.29) is 5.56 Å². The molecule has 1 aromatic heterocycles. The highest BCUT2D eigenvalue weighted by Crippen LogP contribution is 2.40. The van der Waals surface area contributed by atoms with Crippen LogP contribution in [0.2, 0.25) is 0 Å². The minimum Gasteiger partial charge on any atom is -0.354 e. The lowest BCUT2D eigenvalue weighted by molar-refractivity contribution is -0.138. The van der Waals surface area contributed by atoms with Crippen LogP contribution in [-0.4, -0.2) is 16.5 Å². The summed E-state index contributed by atoms with van der Waals surface area (Å²) in [5.74, 6) is 1.42. The highest BCUT2D eigenvalue weighted by atomic mass is 19.4. The van der Waals surface area contributed by atoms with Gasteiger partial charge in [-0.25, -0.2) is 4.98 Å². The lowest BCUT2D eigenvalue weighted by Crippen LogP contribution is -2.10. The number of benzene rings is 1. The molecule has 0 amide bonds. The zero-order valence-electron chi connectivity index (χ0n) is 13.5. The second-order valence-corrected chi connectivity index (χ2v) is 5.91. The Balaban J connectivity index is 1.93. The summed E-state index contributed by atoms with van der Waals surface area (Å²) in [5, 5.41) is 6.08. The summed E-state index contributed by atoms with van der Waals surface area (Å²) >= 11 is 0. The minimum absolute atomic E-state index is 0.154.